The van der Waals surface area contributed by atoms with Gasteiger partial charge in [0, 0.05) is 24.4 Å². The van der Waals surface area contributed by atoms with E-state index in [4.69, 9.17) is 5.73 Å². The lowest BCUT2D eigenvalue weighted by Crippen LogP contribution is -2.25. The van der Waals surface area contributed by atoms with Crippen molar-refractivity contribution in [3.05, 3.63) is 23.8 Å². The Bertz CT molecular complexity index is 476. The molecule has 1 heterocycles. The molecule has 0 atom stereocenters. The Kier molecular flexibility index (Phi) is 4.22. The standard InChI is InChI=1S/C12H15N3O2S/c13-4-3-11(16)14-6-8-1-2-10-9(5-8)15-12(17)7-18-10/h1-2,5H,3-4,6-7,13H2,(H,14,16)(H,15,17). The van der Waals surface area contributed by atoms with Gasteiger partial charge in [-0.15, -0.1) is 11.8 Å². The smallest absolute Gasteiger partial charge is 0.234 e. The van der Waals surface area contributed by atoms with Gasteiger partial charge in [0.05, 0.1) is 11.4 Å². The van der Waals surface area contributed by atoms with Crippen LogP contribution in [0.2, 0.25) is 0 Å². The second-order valence-corrected chi connectivity index (χ2v) is 5.00. The van der Waals surface area contributed by atoms with Gasteiger partial charge in [0.2, 0.25) is 11.8 Å². The number of amides is 2. The van der Waals surface area contributed by atoms with Crippen LogP contribution in [0, 0.1) is 0 Å². The molecule has 0 saturated carbocycles. The van der Waals surface area contributed by atoms with E-state index in [1.165, 1.54) is 11.8 Å². The van der Waals surface area contributed by atoms with Crippen molar-refractivity contribution in [3.8, 4) is 0 Å². The van der Waals surface area contributed by atoms with Crippen molar-refractivity contribution in [1.29, 1.82) is 0 Å². The van der Waals surface area contributed by atoms with Gasteiger partial charge in [-0.25, -0.2) is 0 Å². The molecule has 2 rings (SSSR count). The van der Waals surface area contributed by atoms with Gasteiger partial charge < -0.3 is 16.4 Å². The average Bonchev–Trinajstić information content (AvgIpc) is 2.36. The molecule has 0 saturated heterocycles. The van der Waals surface area contributed by atoms with E-state index < -0.39 is 0 Å². The summed E-state index contributed by atoms with van der Waals surface area (Å²) in [5.74, 6) is 0.407. The molecule has 0 fully saturated rings. The number of thioether (sulfide) groups is 1. The Balaban J connectivity index is 2.00. The molecule has 0 aliphatic carbocycles. The first-order valence-electron chi connectivity index (χ1n) is 5.71. The summed E-state index contributed by atoms with van der Waals surface area (Å²) in [6, 6.07) is 5.80. The first-order chi connectivity index (χ1) is 8.69. The summed E-state index contributed by atoms with van der Waals surface area (Å²) >= 11 is 1.52. The van der Waals surface area contributed by atoms with E-state index in [2.05, 4.69) is 10.6 Å². The van der Waals surface area contributed by atoms with Crippen molar-refractivity contribution < 1.29 is 9.59 Å². The minimum absolute atomic E-state index is 0.0109. The maximum atomic E-state index is 11.3. The number of fused-ring (bicyclic) bond motifs is 1. The Labute approximate surface area is 110 Å². The van der Waals surface area contributed by atoms with Crippen LogP contribution in [-0.4, -0.2) is 24.1 Å². The topological polar surface area (TPSA) is 84.2 Å². The van der Waals surface area contributed by atoms with Crippen LogP contribution in [0.5, 0.6) is 0 Å². The summed E-state index contributed by atoms with van der Waals surface area (Å²) in [4.78, 5) is 23.6. The van der Waals surface area contributed by atoms with Crippen LogP contribution >= 0.6 is 11.8 Å². The molecule has 1 aromatic rings. The molecule has 0 aromatic heterocycles. The first-order valence-corrected chi connectivity index (χ1v) is 6.70. The Morgan fingerprint density at radius 2 is 2.33 bits per heavy atom. The van der Waals surface area contributed by atoms with E-state index in [0.717, 1.165) is 16.1 Å². The van der Waals surface area contributed by atoms with Crippen LogP contribution in [0.1, 0.15) is 12.0 Å². The molecular weight excluding hydrogens is 250 g/mol. The van der Waals surface area contributed by atoms with Crippen molar-refractivity contribution in [2.24, 2.45) is 5.73 Å². The second kappa shape index (κ2) is 5.88. The normalized spacial score (nSPS) is 13.7. The SMILES string of the molecule is NCCC(=O)NCc1ccc2c(c1)NC(=O)CS2. The molecule has 1 aliphatic rings. The summed E-state index contributed by atoms with van der Waals surface area (Å²) < 4.78 is 0. The van der Waals surface area contributed by atoms with Crippen LogP contribution < -0.4 is 16.4 Å². The zero-order chi connectivity index (χ0) is 13.0. The molecule has 0 unspecified atom stereocenters. The van der Waals surface area contributed by atoms with Crippen LogP contribution in [-0.2, 0) is 16.1 Å². The van der Waals surface area contributed by atoms with Crippen LogP contribution in [0.15, 0.2) is 23.1 Å². The van der Waals surface area contributed by atoms with Crippen LogP contribution in [0.25, 0.3) is 0 Å². The number of anilines is 1. The minimum atomic E-state index is -0.0615. The molecule has 1 aromatic carbocycles. The predicted octanol–water partition coefficient (Wildman–Crippen LogP) is 0.696. The highest BCUT2D eigenvalue weighted by atomic mass is 32.2. The Morgan fingerprint density at radius 1 is 1.50 bits per heavy atom. The highest BCUT2D eigenvalue weighted by Gasteiger charge is 2.15. The van der Waals surface area contributed by atoms with Gasteiger partial charge in [-0.1, -0.05) is 6.07 Å². The van der Waals surface area contributed by atoms with Gasteiger partial charge in [-0.05, 0) is 17.7 Å². The van der Waals surface area contributed by atoms with Gasteiger partial charge in [0.25, 0.3) is 0 Å². The van der Waals surface area contributed by atoms with Crippen LogP contribution in [0.4, 0.5) is 5.69 Å². The van der Waals surface area contributed by atoms with Gasteiger partial charge in [-0.2, -0.15) is 0 Å². The van der Waals surface area contributed by atoms with Crippen molar-refractivity contribution in [1.82, 2.24) is 5.32 Å². The highest BCUT2D eigenvalue weighted by Crippen LogP contribution is 2.31. The number of rotatable bonds is 4. The monoisotopic (exact) mass is 265 g/mol. The summed E-state index contributed by atoms with van der Waals surface area (Å²) in [6.45, 7) is 0.801. The largest absolute Gasteiger partial charge is 0.352 e. The lowest BCUT2D eigenvalue weighted by molar-refractivity contribution is -0.121. The molecule has 4 N–H and O–H groups in total. The summed E-state index contributed by atoms with van der Waals surface area (Å²) in [5, 5.41) is 5.60. The van der Waals surface area contributed by atoms with Crippen molar-refractivity contribution in [3.63, 3.8) is 0 Å². The lowest BCUT2D eigenvalue weighted by atomic mass is 10.2. The maximum absolute atomic E-state index is 11.3. The third kappa shape index (κ3) is 3.24. The van der Waals surface area contributed by atoms with Gasteiger partial charge >= 0.3 is 0 Å². The number of carbonyl (C=O) groups is 2. The highest BCUT2D eigenvalue weighted by molar-refractivity contribution is 8.00. The molecule has 18 heavy (non-hydrogen) atoms. The quantitative estimate of drug-likeness (QED) is 0.748. The zero-order valence-corrected chi connectivity index (χ0v) is 10.7. The van der Waals surface area contributed by atoms with Crippen molar-refractivity contribution in [2.45, 2.75) is 17.9 Å². The fraction of sp³-hybridized carbons (Fsp3) is 0.333. The fourth-order valence-electron chi connectivity index (χ4n) is 1.66. The number of carbonyl (C=O) groups excluding carboxylic acids is 2. The summed E-state index contributed by atoms with van der Waals surface area (Å²) in [6.07, 6.45) is 0.331. The van der Waals surface area contributed by atoms with E-state index in [9.17, 15) is 9.59 Å². The number of hydrogen-bond donors (Lipinski definition) is 3. The molecule has 96 valence electrons. The Morgan fingerprint density at radius 3 is 3.11 bits per heavy atom. The number of nitrogens with two attached hydrogens (primary N) is 1. The number of nitrogens with one attached hydrogen (secondary N) is 2. The molecule has 0 radical (unpaired) electrons. The maximum Gasteiger partial charge on any atom is 0.234 e. The van der Waals surface area contributed by atoms with E-state index >= 15 is 0 Å². The molecule has 0 spiro atoms. The Hall–Kier alpha value is -1.53. The predicted molar refractivity (Wildman–Crippen MR) is 71.3 cm³/mol. The second-order valence-electron chi connectivity index (χ2n) is 3.98. The molecule has 0 bridgehead atoms. The van der Waals surface area contributed by atoms with Gasteiger partial charge in [0.1, 0.15) is 0 Å². The van der Waals surface area contributed by atoms with Gasteiger partial charge in [0.15, 0.2) is 0 Å². The summed E-state index contributed by atoms with van der Waals surface area (Å²) in [5.41, 5.74) is 7.07. The number of benzene rings is 1. The fourth-order valence-corrected chi connectivity index (χ4v) is 2.45. The summed E-state index contributed by atoms with van der Waals surface area (Å²) in [7, 11) is 0. The van der Waals surface area contributed by atoms with Crippen molar-refractivity contribution in [2.75, 3.05) is 17.6 Å². The van der Waals surface area contributed by atoms with Crippen molar-refractivity contribution >= 4 is 29.3 Å². The average molecular weight is 265 g/mol. The number of hydrogen-bond acceptors (Lipinski definition) is 4. The lowest BCUT2D eigenvalue weighted by Gasteiger charge is -2.17. The molecule has 5 nitrogen and oxygen atoms in total. The zero-order valence-electron chi connectivity index (χ0n) is 9.86. The minimum Gasteiger partial charge on any atom is -0.352 e. The third-order valence-corrected chi connectivity index (χ3v) is 3.61. The molecule has 6 heteroatoms. The molecule has 2 amide bonds. The van der Waals surface area contributed by atoms with E-state index in [0.29, 0.717) is 25.3 Å². The third-order valence-electron chi connectivity index (χ3n) is 2.54. The first kappa shape index (κ1) is 12.9. The van der Waals surface area contributed by atoms with Gasteiger partial charge in [-0.3, -0.25) is 9.59 Å². The molecular formula is C12H15N3O2S. The van der Waals surface area contributed by atoms with E-state index in [-0.39, 0.29) is 11.8 Å². The van der Waals surface area contributed by atoms with E-state index in [1.54, 1.807) is 0 Å². The van der Waals surface area contributed by atoms with Crippen LogP contribution in [0.3, 0.4) is 0 Å². The molecule has 1 aliphatic heterocycles. The van der Waals surface area contributed by atoms with E-state index in [1.807, 2.05) is 18.2 Å².